The van der Waals surface area contributed by atoms with Gasteiger partial charge in [0.1, 0.15) is 5.92 Å². The largest absolute Gasteiger partial charge is 0.481 e. The molecule has 1 saturated heterocycles. The predicted octanol–water partition coefficient (Wildman–Crippen LogP) is 0.345. The van der Waals surface area contributed by atoms with E-state index in [2.05, 4.69) is 0 Å². The van der Waals surface area contributed by atoms with Crippen LogP contribution in [0.15, 0.2) is 0 Å². The van der Waals surface area contributed by atoms with Gasteiger partial charge in [-0.05, 0) is 20.3 Å². The molecule has 1 aliphatic rings. The summed E-state index contributed by atoms with van der Waals surface area (Å²) in [5.41, 5.74) is 0. The van der Waals surface area contributed by atoms with Crippen molar-refractivity contribution in [3.8, 4) is 0 Å². The molecule has 5 heteroatoms. The van der Waals surface area contributed by atoms with Crippen LogP contribution in [0, 0.1) is 5.92 Å². The maximum Gasteiger partial charge on any atom is 0.315 e. The van der Waals surface area contributed by atoms with Crippen LogP contribution in [0.3, 0.4) is 0 Å². The summed E-state index contributed by atoms with van der Waals surface area (Å²) >= 11 is 0. The summed E-state index contributed by atoms with van der Waals surface area (Å²) < 4.78 is 5.29. The van der Waals surface area contributed by atoms with Gasteiger partial charge in [-0.15, -0.1) is 0 Å². The van der Waals surface area contributed by atoms with Crippen LogP contribution in [-0.2, 0) is 14.3 Å². The lowest BCUT2D eigenvalue weighted by Gasteiger charge is -2.27. The maximum absolute atomic E-state index is 11.8. The van der Waals surface area contributed by atoms with Crippen LogP contribution in [0.4, 0.5) is 0 Å². The van der Waals surface area contributed by atoms with E-state index >= 15 is 0 Å². The van der Waals surface area contributed by atoms with E-state index in [0.717, 1.165) is 6.42 Å². The molecule has 0 radical (unpaired) electrons. The minimum Gasteiger partial charge on any atom is -0.481 e. The number of rotatable bonds is 2. The molecule has 1 rings (SSSR count). The molecule has 1 amide bonds. The summed E-state index contributed by atoms with van der Waals surface area (Å²) in [5, 5.41) is 8.76. The fourth-order valence-electron chi connectivity index (χ4n) is 1.58. The average Bonchev–Trinajstić information content (AvgIpc) is 2.40. The van der Waals surface area contributed by atoms with E-state index in [9.17, 15) is 9.59 Å². The number of carbonyl (C=O) groups excluding carboxylic acids is 1. The van der Waals surface area contributed by atoms with Crippen molar-refractivity contribution in [2.24, 2.45) is 5.92 Å². The summed E-state index contributed by atoms with van der Waals surface area (Å²) in [4.78, 5) is 24.1. The second-order valence-electron chi connectivity index (χ2n) is 3.87. The monoisotopic (exact) mass is 215 g/mol. The molecule has 1 N–H and O–H groups in total. The molecule has 86 valence electrons. The molecule has 0 saturated carbocycles. The lowest BCUT2D eigenvalue weighted by atomic mass is 10.1. The van der Waals surface area contributed by atoms with Crippen LogP contribution in [0.25, 0.3) is 0 Å². The third kappa shape index (κ3) is 2.92. The molecular formula is C10H17NO4. The summed E-state index contributed by atoms with van der Waals surface area (Å²) in [6.45, 7) is 4.99. The first-order chi connectivity index (χ1) is 7.04. The molecule has 15 heavy (non-hydrogen) atoms. The van der Waals surface area contributed by atoms with Crippen LogP contribution in [-0.4, -0.2) is 47.7 Å². The summed E-state index contributed by atoms with van der Waals surface area (Å²) in [6.07, 6.45) is 0.766. The second-order valence-corrected chi connectivity index (χ2v) is 3.87. The minimum absolute atomic E-state index is 0.0400. The Kier molecular flexibility index (Phi) is 4.08. The van der Waals surface area contributed by atoms with E-state index in [1.165, 1.54) is 6.92 Å². The zero-order chi connectivity index (χ0) is 11.4. The van der Waals surface area contributed by atoms with E-state index < -0.39 is 11.9 Å². The number of ether oxygens (including phenoxy) is 1. The van der Waals surface area contributed by atoms with Gasteiger partial charge in [0.2, 0.25) is 5.91 Å². The smallest absolute Gasteiger partial charge is 0.315 e. The molecule has 1 aliphatic heterocycles. The number of carbonyl (C=O) groups is 2. The Labute approximate surface area is 89.0 Å². The molecule has 0 aromatic rings. The fourth-order valence-corrected chi connectivity index (χ4v) is 1.58. The van der Waals surface area contributed by atoms with E-state index in [0.29, 0.717) is 19.8 Å². The van der Waals surface area contributed by atoms with Gasteiger partial charge in [0.25, 0.3) is 0 Å². The zero-order valence-corrected chi connectivity index (χ0v) is 9.10. The molecule has 1 fully saturated rings. The molecule has 0 aromatic heterocycles. The van der Waals surface area contributed by atoms with Crippen molar-refractivity contribution in [1.29, 1.82) is 0 Å². The first-order valence-corrected chi connectivity index (χ1v) is 5.15. The number of nitrogens with zero attached hydrogens (tertiary/aromatic N) is 1. The zero-order valence-electron chi connectivity index (χ0n) is 9.10. The molecular weight excluding hydrogens is 198 g/mol. The van der Waals surface area contributed by atoms with Crippen molar-refractivity contribution in [3.05, 3.63) is 0 Å². The molecule has 1 heterocycles. The second kappa shape index (κ2) is 5.11. The van der Waals surface area contributed by atoms with E-state index in [1.807, 2.05) is 6.92 Å². The van der Waals surface area contributed by atoms with Gasteiger partial charge in [0.15, 0.2) is 0 Å². The van der Waals surface area contributed by atoms with Gasteiger partial charge >= 0.3 is 5.97 Å². The number of carboxylic acid groups (broad SMARTS) is 1. The Morgan fingerprint density at radius 3 is 2.80 bits per heavy atom. The summed E-state index contributed by atoms with van der Waals surface area (Å²) in [5.74, 6) is -2.36. The first-order valence-electron chi connectivity index (χ1n) is 5.15. The van der Waals surface area contributed by atoms with E-state index in [1.54, 1.807) is 4.90 Å². The van der Waals surface area contributed by atoms with Crippen molar-refractivity contribution >= 4 is 11.9 Å². The minimum atomic E-state index is -1.07. The van der Waals surface area contributed by atoms with Crippen LogP contribution in [0.1, 0.15) is 20.3 Å². The normalized spacial score (nSPS) is 24.4. The summed E-state index contributed by atoms with van der Waals surface area (Å²) in [7, 11) is 0. The third-order valence-electron chi connectivity index (χ3n) is 2.60. The molecule has 0 spiro atoms. The predicted molar refractivity (Wildman–Crippen MR) is 53.4 cm³/mol. The lowest BCUT2D eigenvalue weighted by molar-refractivity contribution is -0.151. The molecule has 5 nitrogen and oxygen atoms in total. The van der Waals surface area contributed by atoms with Gasteiger partial charge in [-0.1, -0.05) is 0 Å². The molecule has 2 atom stereocenters. The van der Waals surface area contributed by atoms with Gasteiger partial charge < -0.3 is 14.7 Å². The van der Waals surface area contributed by atoms with Crippen molar-refractivity contribution in [2.75, 3.05) is 19.8 Å². The van der Waals surface area contributed by atoms with Gasteiger partial charge in [-0.25, -0.2) is 0 Å². The molecule has 2 unspecified atom stereocenters. The number of amides is 1. The highest BCUT2D eigenvalue weighted by molar-refractivity contribution is 5.96. The Balaban J connectivity index is 2.67. The van der Waals surface area contributed by atoms with Crippen LogP contribution in [0.5, 0.6) is 0 Å². The Morgan fingerprint density at radius 2 is 2.20 bits per heavy atom. The number of aliphatic carboxylic acids is 1. The quantitative estimate of drug-likeness (QED) is 0.675. The van der Waals surface area contributed by atoms with Crippen LogP contribution < -0.4 is 0 Å². The van der Waals surface area contributed by atoms with Crippen molar-refractivity contribution in [2.45, 2.75) is 26.3 Å². The topological polar surface area (TPSA) is 66.8 Å². The van der Waals surface area contributed by atoms with Crippen LogP contribution >= 0.6 is 0 Å². The third-order valence-corrected chi connectivity index (χ3v) is 2.60. The first kappa shape index (κ1) is 12.0. The van der Waals surface area contributed by atoms with Gasteiger partial charge in [-0.2, -0.15) is 0 Å². The van der Waals surface area contributed by atoms with E-state index in [4.69, 9.17) is 9.84 Å². The van der Waals surface area contributed by atoms with Gasteiger partial charge in [0, 0.05) is 13.2 Å². The van der Waals surface area contributed by atoms with E-state index in [-0.39, 0.29) is 11.9 Å². The standard InChI is InChI=1S/C10H17NO4/c1-7-6-15-5-3-4-11(7)9(12)8(2)10(13)14/h7-8H,3-6H2,1-2H3,(H,13,14). The Hall–Kier alpha value is -1.10. The highest BCUT2D eigenvalue weighted by Crippen LogP contribution is 2.11. The summed E-state index contributed by atoms with van der Waals surface area (Å²) in [6, 6.07) is -0.0400. The average molecular weight is 215 g/mol. The number of carboxylic acids is 1. The van der Waals surface area contributed by atoms with Crippen molar-refractivity contribution < 1.29 is 19.4 Å². The Bertz CT molecular complexity index is 254. The highest BCUT2D eigenvalue weighted by atomic mass is 16.5. The highest BCUT2D eigenvalue weighted by Gasteiger charge is 2.29. The fraction of sp³-hybridized carbons (Fsp3) is 0.800. The number of hydrogen-bond acceptors (Lipinski definition) is 3. The molecule has 0 bridgehead atoms. The Morgan fingerprint density at radius 1 is 1.53 bits per heavy atom. The van der Waals surface area contributed by atoms with Gasteiger partial charge in [-0.3, -0.25) is 9.59 Å². The van der Waals surface area contributed by atoms with Gasteiger partial charge in [0.05, 0.1) is 12.6 Å². The lowest BCUT2D eigenvalue weighted by Crippen LogP contribution is -2.44. The number of hydrogen-bond donors (Lipinski definition) is 1. The SMILES string of the molecule is CC(C(=O)O)C(=O)N1CCCOCC1C. The van der Waals surface area contributed by atoms with Crippen LogP contribution in [0.2, 0.25) is 0 Å². The molecule has 0 aromatic carbocycles. The van der Waals surface area contributed by atoms with Crippen molar-refractivity contribution in [1.82, 2.24) is 4.90 Å². The maximum atomic E-state index is 11.8. The molecule has 0 aliphatic carbocycles. The van der Waals surface area contributed by atoms with Crippen molar-refractivity contribution in [3.63, 3.8) is 0 Å².